The fourth-order valence-electron chi connectivity index (χ4n) is 1.57. The number of carboxylic acids is 1. The third kappa shape index (κ3) is 1.38. The molecule has 2 fully saturated rings. The molecule has 3 nitrogen and oxygen atoms in total. The van der Waals surface area contributed by atoms with E-state index in [2.05, 4.69) is 4.90 Å². The molecule has 2 aliphatic rings. The van der Waals surface area contributed by atoms with E-state index in [1.54, 1.807) is 0 Å². The molecule has 0 aromatic rings. The van der Waals surface area contributed by atoms with Crippen molar-refractivity contribution in [1.82, 2.24) is 4.90 Å². The molecule has 0 bridgehead atoms. The first-order chi connectivity index (χ1) is 5.27. The van der Waals surface area contributed by atoms with Crippen molar-refractivity contribution in [3.63, 3.8) is 0 Å². The predicted octanol–water partition coefficient (Wildman–Crippen LogP) is 0.555. The minimum absolute atomic E-state index is 0.157. The highest BCUT2D eigenvalue weighted by Crippen LogP contribution is 2.32. The number of hydrogen-bond acceptors (Lipinski definition) is 2. The SMILES string of the molecule is O=C(O)C1CCN1CC1CC1. The summed E-state index contributed by atoms with van der Waals surface area (Å²) in [6.07, 6.45) is 3.47. The zero-order valence-electron chi connectivity index (χ0n) is 6.49. The van der Waals surface area contributed by atoms with Gasteiger partial charge in [0.2, 0.25) is 0 Å². The lowest BCUT2D eigenvalue weighted by Crippen LogP contribution is -2.52. The molecule has 2 rings (SSSR count). The number of carboxylic acid groups (broad SMARTS) is 1. The van der Waals surface area contributed by atoms with Gasteiger partial charge < -0.3 is 5.11 Å². The van der Waals surface area contributed by atoms with Gasteiger partial charge in [-0.15, -0.1) is 0 Å². The van der Waals surface area contributed by atoms with Crippen LogP contribution >= 0.6 is 0 Å². The quantitative estimate of drug-likeness (QED) is 0.647. The third-order valence-corrected chi connectivity index (χ3v) is 2.61. The van der Waals surface area contributed by atoms with Gasteiger partial charge in [-0.25, -0.2) is 0 Å². The van der Waals surface area contributed by atoms with Gasteiger partial charge in [0, 0.05) is 13.1 Å². The molecule has 3 heteroatoms. The molecule has 0 spiro atoms. The van der Waals surface area contributed by atoms with Crippen LogP contribution in [-0.4, -0.2) is 35.1 Å². The van der Waals surface area contributed by atoms with E-state index in [1.165, 1.54) is 12.8 Å². The van der Waals surface area contributed by atoms with Gasteiger partial charge in [0.15, 0.2) is 0 Å². The summed E-state index contributed by atoms with van der Waals surface area (Å²) in [6.45, 7) is 2.02. The Balaban J connectivity index is 1.80. The summed E-state index contributed by atoms with van der Waals surface area (Å²) in [4.78, 5) is 12.6. The Bertz CT molecular complexity index is 177. The molecular formula is C8H13NO2. The molecule has 0 aromatic carbocycles. The van der Waals surface area contributed by atoms with Crippen molar-refractivity contribution >= 4 is 5.97 Å². The van der Waals surface area contributed by atoms with Gasteiger partial charge in [0.05, 0.1) is 0 Å². The summed E-state index contributed by atoms with van der Waals surface area (Å²) in [6, 6.07) is -0.157. The van der Waals surface area contributed by atoms with E-state index in [9.17, 15) is 4.79 Å². The molecule has 0 amide bonds. The van der Waals surface area contributed by atoms with Crippen LogP contribution in [0.15, 0.2) is 0 Å². The minimum Gasteiger partial charge on any atom is -0.480 e. The lowest BCUT2D eigenvalue weighted by Gasteiger charge is -2.37. The van der Waals surface area contributed by atoms with Crippen LogP contribution in [0.5, 0.6) is 0 Å². The van der Waals surface area contributed by atoms with Crippen molar-refractivity contribution in [2.75, 3.05) is 13.1 Å². The smallest absolute Gasteiger partial charge is 0.320 e. The molecule has 11 heavy (non-hydrogen) atoms. The van der Waals surface area contributed by atoms with Crippen LogP contribution in [0.25, 0.3) is 0 Å². The van der Waals surface area contributed by atoms with Crippen LogP contribution in [0.1, 0.15) is 19.3 Å². The van der Waals surface area contributed by atoms with Crippen molar-refractivity contribution in [3.05, 3.63) is 0 Å². The number of carbonyl (C=O) groups is 1. The molecule has 1 unspecified atom stereocenters. The third-order valence-electron chi connectivity index (χ3n) is 2.61. The van der Waals surface area contributed by atoms with E-state index < -0.39 is 5.97 Å². The second-order valence-electron chi connectivity index (χ2n) is 3.58. The molecule has 62 valence electrons. The number of rotatable bonds is 3. The Hall–Kier alpha value is -0.570. The molecule has 0 aromatic heterocycles. The van der Waals surface area contributed by atoms with E-state index in [0.29, 0.717) is 0 Å². The van der Waals surface area contributed by atoms with E-state index in [-0.39, 0.29) is 6.04 Å². The fraction of sp³-hybridized carbons (Fsp3) is 0.875. The Morgan fingerprint density at radius 1 is 1.45 bits per heavy atom. The van der Waals surface area contributed by atoms with Gasteiger partial charge in [0.25, 0.3) is 0 Å². The van der Waals surface area contributed by atoms with Gasteiger partial charge in [-0.05, 0) is 25.2 Å². The van der Waals surface area contributed by atoms with Gasteiger partial charge in [-0.1, -0.05) is 0 Å². The summed E-state index contributed by atoms with van der Waals surface area (Å²) in [5.41, 5.74) is 0. The van der Waals surface area contributed by atoms with Crippen LogP contribution in [0.2, 0.25) is 0 Å². The lowest BCUT2D eigenvalue weighted by atomic mass is 10.0. The van der Waals surface area contributed by atoms with Crippen molar-refractivity contribution in [3.8, 4) is 0 Å². The summed E-state index contributed by atoms with van der Waals surface area (Å²) in [5, 5.41) is 8.70. The topological polar surface area (TPSA) is 40.5 Å². The zero-order valence-corrected chi connectivity index (χ0v) is 6.49. The standard InChI is InChI=1S/C8H13NO2/c10-8(11)7-3-4-9(7)5-6-1-2-6/h6-7H,1-5H2,(H,10,11). The van der Waals surface area contributed by atoms with Crippen molar-refractivity contribution < 1.29 is 9.90 Å². The molecule has 1 saturated carbocycles. The first-order valence-electron chi connectivity index (χ1n) is 4.24. The first kappa shape index (κ1) is 7.10. The highest BCUT2D eigenvalue weighted by Gasteiger charge is 2.37. The minimum atomic E-state index is -0.642. The summed E-state index contributed by atoms with van der Waals surface area (Å²) < 4.78 is 0. The largest absolute Gasteiger partial charge is 0.480 e. The maximum Gasteiger partial charge on any atom is 0.320 e. The number of hydrogen-bond donors (Lipinski definition) is 1. The van der Waals surface area contributed by atoms with Crippen molar-refractivity contribution in [2.45, 2.75) is 25.3 Å². The van der Waals surface area contributed by atoms with Crippen LogP contribution in [0.4, 0.5) is 0 Å². The van der Waals surface area contributed by atoms with Gasteiger partial charge in [-0.3, -0.25) is 9.69 Å². The molecule has 1 heterocycles. The average Bonchev–Trinajstić information content (AvgIpc) is 2.60. The molecule has 1 aliphatic carbocycles. The van der Waals surface area contributed by atoms with E-state index in [0.717, 1.165) is 25.4 Å². The normalized spacial score (nSPS) is 31.5. The Morgan fingerprint density at radius 2 is 2.18 bits per heavy atom. The zero-order chi connectivity index (χ0) is 7.84. The summed E-state index contributed by atoms with van der Waals surface area (Å²) >= 11 is 0. The van der Waals surface area contributed by atoms with Gasteiger partial charge in [0.1, 0.15) is 6.04 Å². The molecule has 1 atom stereocenters. The second kappa shape index (κ2) is 2.48. The maximum atomic E-state index is 10.6. The number of nitrogens with zero attached hydrogens (tertiary/aromatic N) is 1. The van der Waals surface area contributed by atoms with E-state index >= 15 is 0 Å². The van der Waals surface area contributed by atoms with Crippen molar-refractivity contribution in [1.29, 1.82) is 0 Å². The average molecular weight is 155 g/mol. The molecule has 1 aliphatic heterocycles. The highest BCUT2D eigenvalue weighted by molar-refractivity contribution is 5.74. The molecule has 1 saturated heterocycles. The van der Waals surface area contributed by atoms with Crippen LogP contribution in [0.3, 0.4) is 0 Å². The lowest BCUT2D eigenvalue weighted by molar-refractivity contribution is -0.148. The number of likely N-dealkylation sites (tertiary alicyclic amines) is 1. The predicted molar refractivity (Wildman–Crippen MR) is 40.3 cm³/mol. The first-order valence-corrected chi connectivity index (χ1v) is 4.24. The van der Waals surface area contributed by atoms with Crippen molar-refractivity contribution in [2.24, 2.45) is 5.92 Å². The molecule has 1 N–H and O–H groups in total. The van der Waals surface area contributed by atoms with Gasteiger partial charge in [-0.2, -0.15) is 0 Å². The summed E-state index contributed by atoms with van der Waals surface area (Å²) in [7, 11) is 0. The van der Waals surface area contributed by atoms with E-state index in [1.807, 2.05) is 0 Å². The monoisotopic (exact) mass is 155 g/mol. The Kier molecular flexibility index (Phi) is 1.60. The number of aliphatic carboxylic acids is 1. The Labute approximate surface area is 66.0 Å². The second-order valence-corrected chi connectivity index (χ2v) is 3.58. The van der Waals surface area contributed by atoms with E-state index in [4.69, 9.17) is 5.11 Å². The van der Waals surface area contributed by atoms with Crippen LogP contribution in [-0.2, 0) is 4.79 Å². The summed E-state index contributed by atoms with van der Waals surface area (Å²) in [5.74, 6) is 0.175. The fourth-order valence-corrected chi connectivity index (χ4v) is 1.57. The molecular weight excluding hydrogens is 142 g/mol. The highest BCUT2D eigenvalue weighted by atomic mass is 16.4. The van der Waals surface area contributed by atoms with Crippen LogP contribution in [0, 0.1) is 5.92 Å². The maximum absolute atomic E-state index is 10.6. The molecule has 0 radical (unpaired) electrons. The Morgan fingerprint density at radius 3 is 2.55 bits per heavy atom. The van der Waals surface area contributed by atoms with Gasteiger partial charge >= 0.3 is 5.97 Å². The van der Waals surface area contributed by atoms with Crippen LogP contribution < -0.4 is 0 Å².